The average molecular weight is 279 g/mol. The number of carbonyl (C=O) groups is 2. The van der Waals surface area contributed by atoms with Gasteiger partial charge >= 0.3 is 12.1 Å². The minimum absolute atomic E-state index is 0.229. The highest BCUT2D eigenvalue weighted by Crippen LogP contribution is 2.04. The van der Waals surface area contributed by atoms with Gasteiger partial charge in [0, 0.05) is 6.54 Å². The Labute approximate surface area is 118 Å². The second kappa shape index (κ2) is 8.96. The summed E-state index contributed by atoms with van der Waals surface area (Å²) in [6.45, 7) is 2.89. The lowest BCUT2D eigenvalue weighted by Gasteiger charge is -2.07. The fraction of sp³-hybridized carbons (Fsp3) is 0.467. The van der Waals surface area contributed by atoms with Crippen LogP contribution in [0.2, 0.25) is 0 Å². The molecule has 0 aliphatic carbocycles. The van der Waals surface area contributed by atoms with Crippen LogP contribution in [-0.2, 0) is 11.3 Å². The van der Waals surface area contributed by atoms with Crippen LogP contribution in [0.25, 0.3) is 0 Å². The zero-order chi connectivity index (χ0) is 14.8. The normalized spacial score (nSPS) is 10.1. The van der Waals surface area contributed by atoms with E-state index in [1.54, 1.807) is 12.1 Å². The van der Waals surface area contributed by atoms with Crippen LogP contribution in [-0.4, -0.2) is 23.8 Å². The maximum atomic E-state index is 11.4. The van der Waals surface area contributed by atoms with Gasteiger partial charge in [-0.1, -0.05) is 38.3 Å². The zero-order valence-electron chi connectivity index (χ0n) is 11.7. The Morgan fingerprint density at radius 3 is 2.45 bits per heavy atom. The van der Waals surface area contributed by atoms with E-state index >= 15 is 0 Å². The van der Waals surface area contributed by atoms with Gasteiger partial charge in [-0.2, -0.15) is 0 Å². The molecule has 0 saturated carbocycles. The van der Waals surface area contributed by atoms with Gasteiger partial charge < -0.3 is 15.2 Å². The molecule has 0 atom stereocenters. The van der Waals surface area contributed by atoms with Crippen molar-refractivity contribution < 1.29 is 19.4 Å². The molecule has 0 heterocycles. The molecule has 1 rings (SSSR count). The van der Waals surface area contributed by atoms with Gasteiger partial charge in [-0.05, 0) is 24.1 Å². The third-order valence-corrected chi connectivity index (χ3v) is 2.87. The number of nitrogens with one attached hydrogen (secondary N) is 1. The van der Waals surface area contributed by atoms with Crippen LogP contribution in [0, 0.1) is 0 Å². The molecular weight excluding hydrogens is 258 g/mol. The molecular formula is C15H21NO4. The summed E-state index contributed by atoms with van der Waals surface area (Å²) in [6.07, 6.45) is 3.82. The fourth-order valence-electron chi connectivity index (χ4n) is 1.68. The largest absolute Gasteiger partial charge is 0.478 e. The van der Waals surface area contributed by atoms with E-state index in [0.717, 1.165) is 31.2 Å². The highest BCUT2D eigenvalue weighted by molar-refractivity contribution is 5.87. The van der Waals surface area contributed by atoms with Crippen molar-refractivity contribution in [2.24, 2.45) is 0 Å². The number of alkyl carbamates (subject to hydrolysis) is 1. The summed E-state index contributed by atoms with van der Waals surface area (Å²) in [5.74, 6) is -0.962. The predicted molar refractivity (Wildman–Crippen MR) is 75.7 cm³/mol. The van der Waals surface area contributed by atoms with Gasteiger partial charge in [-0.15, -0.1) is 0 Å². The molecule has 1 aromatic rings. The summed E-state index contributed by atoms with van der Waals surface area (Å²) in [4.78, 5) is 22.1. The Bertz CT molecular complexity index is 428. The minimum atomic E-state index is -0.962. The number of unbranched alkanes of at least 4 members (excludes halogenated alkanes) is 3. The first kappa shape index (κ1) is 16.0. The van der Waals surface area contributed by atoms with Gasteiger partial charge in [0.25, 0.3) is 0 Å². The first-order valence-electron chi connectivity index (χ1n) is 6.86. The Kier molecular flexibility index (Phi) is 7.17. The third-order valence-electron chi connectivity index (χ3n) is 2.87. The fourth-order valence-corrected chi connectivity index (χ4v) is 1.68. The molecule has 0 spiro atoms. The number of carboxylic acids is 1. The van der Waals surface area contributed by atoms with Gasteiger partial charge in [-0.3, -0.25) is 0 Å². The molecule has 110 valence electrons. The van der Waals surface area contributed by atoms with Crippen molar-refractivity contribution in [3.8, 4) is 0 Å². The van der Waals surface area contributed by atoms with Gasteiger partial charge in [0.15, 0.2) is 0 Å². The molecule has 1 aromatic carbocycles. The van der Waals surface area contributed by atoms with Crippen LogP contribution >= 0.6 is 0 Å². The van der Waals surface area contributed by atoms with E-state index in [2.05, 4.69) is 12.2 Å². The summed E-state index contributed by atoms with van der Waals surface area (Å²) in [5.41, 5.74) is 1.06. The lowest BCUT2D eigenvalue weighted by molar-refractivity contribution is 0.0696. The van der Waals surface area contributed by atoms with E-state index in [0.29, 0.717) is 13.2 Å². The SMILES string of the molecule is CCCCCCOC(=O)NCc1ccc(C(=O)O)cc1. The number of hydrogen-bond acceptors (Lipinski definition) is 3. The first-order valence-corrected chi connectivity index (χ1v) is 6.86. The van der Waals surface area contributed by atoms with E-state index in [1.807, 2.05) is 0 Å². The number of carboxylic acid groups (broad SMARTS) is 1. The molecule has 2 N–H and O–H groups in total. The Morgan fingerprint density at radius 2 is 1.85 bits per heavy atom. The van der Waals surface area contributed by atoms with E-state index in [-0.39, 0.29) is 5.56 Å². The molecule has 5 nitrogen and oxygen atoms in total. The number of ether oxygens (including phenoxy) is 1. The minimum Gasteiger partial charge on any atom is -0.478 e. The predicted octanol–water partition coefficient (Wildman–Crippen LogP) is 3.19. The van der Waals surface area contributed by atoms with Crippen LogP contribution < -0.4 is 5.32 Å². The zero-order valence-corrected chi connectivity index (χ0v) is 11.7. The number of benzene rings is 1. The Balaban J connectivity index is 2.22. The maximum absolute atomic E-state index is 11.4. The maximum Gasteiger partial charge on any atom is 0.407 e. The average Bonchev–Trinajstić information content (AvgIpc) is 2.45. The molecule has 0 unspecified atom stereocenters. The Morgan fingerprint density at radius 1 is 1.15 bits per heavy atom. The van der Waals surface area contributed by atoms with Crippen LogP contribution in [0.15, 0.2) is 24.3 Å². The van der Waals surface area contributed by atoms with E-state index in [4.69, 9.17) is 9.84 Å². The summed E-state index contributed by atoms with van der Waals surface area (Å²) in [6, 6.07) is 6.36. The van der Waals surface area contributed by atoms with Crippen LogP contribution in [0.5, 0.6) is 0 Å². The van der Waals surface area contributed by atoms with Crippen molar-refractivity contribution in [1.82, 2.24) is 5.32 Å². The van der Waals surface area contributed by atoms with Crippen molar-refractivity contribution in [3.05, 3.63) is 35.4 Å². The Hall–Kier alpha value is -2.04. The van der Waals surface area contributed by atoms with Gasteiger partial charge in [0.1, 0.15) is 0 Å². The summed E-state index contributed by atoms with van der Waals surface area (Å²) in [7, 11) is 0. The molecule has 5 heteroatoms. The molecule has 0 saturated heterocycles. The number of aromatic carboxylic acids is 1. The third kappa shape index (κ3) is 6.22. The molecule has 0 aromatic heterocycles. The lowest BCUT2D eigenvalue weighted by Crippen LogP contribution is -2.24. The monoisotopic (exact) mass is 279 g/mol. The van der Waals surface area contributed by atoms with Gasteiger partial charge in [0.05, 0.1) is 12.2 Å². The van der Waals surface area contributed by atoms with Crippen molar-refractivity contribution in [2.75, 3.05) is 6.61 Å². The molecule has 0 radical (unpaired) electrons. The van der Waals surface area contributed by atoms with Crippen molar-refractivity contribution >= 4 is 12.1 Å². The number of rotatable bonds is 8. The topological polar surface area (TPSA) is 75.6 Å². The highest BCUT2D eigenvalue weighted by atomic mass is 16.5. The second-order valence-corrected chi connectivity index (χ2v) is 4.55. The molecule has 1 amide bonds. The van der Waals surface area contributed by atoms with Crippen molar-refractivity contribution in [1.29, 1.82) is 0 Å². The molecule has 0 aliphatic heterocycles. The molecule has 0 bridgehead atoms. The number of carbonyl (C=O) groups excluding carboxylic acids is 1. The smallest absolute Gasteiger partial charge is 0.407 e. The van der Waals surface area contributed by atoms with Crippen LogP contribution in [0.3, 0.4) is 0 Å². The van der Waals surface area contributed by atoms with Gasteiger partial charge in [0.2, 0.25) is 0 Å². The summed E-state index contributed by atoms with van der Waals surface area (Å²) >= 11 is 0. The molecule has 0 fully saturated rings. The van der Waals surface area contributed by atoms with E-state index in [9.17, 15) is 9.59 Å². The summed E-state index contributed by atoms with van der Waals surface area (Å²) in [5, 5.41) is 11.4. The first-order chi connectivity index (χ1) is 9.63. The number of amides is 1. The number of hydrogen-bond donors (Lipinski definition) is 2. The quantitative estimate of drug-likeness (QED) is 0.716. The molecule has 0 aliphatic rings. The second-order valence-electron chi connectivity index (χ2n) is 4.55. The van der Waals surface area contributed by atoms with E-state index < -0.39 is 12.1 Å². The van der Waals surface area contributed by atoms with Crippen LogP contribution in [0.4, 0.5) is 4.79 Å². The lowest BCUT2D eigenvalue weighted by atomic mass is 10.1. The van der Waals surface area contributed by atoms with Crippen molar-refractivity contribution in [2.45, 2.75) is 39.2 Å². The van der Waals surface area contributed by atoms with Crippen LogP contribution in [0.1, 0.15) is 48.5 Å². The molecule has 20 heavy (non-hydrogen) atoms. The summed E-state index contributed by atoms with van der Waals surface area (Å²) < 4.78 is 5.03. The highest BCUT2D eigenvalue weighted by Gasteiger charge is 2.04. The van der Waals surface area contributed by atoms with E-state index in [1.165, 1.54) is 12.1 Å². The van der Waals surface area contributed by atoms with Crippen molar-refractivity contribution in [3.63, 3.8) is 0 Å². The standard InChI is InChI=1S/C15H21NO4/c1-2-3-4-5-10-20-15(19)16-11-12-6-8-13(9-7-12)14(17)18/h6-9H,2-5,10-11H2,1H3,(H,16,19)(H,17,18). The van der Waals surface area contributed by atoms with Gasteiger partial charge in [-0.25, -0.2) is 9.59 Å².